The van der Waals surface area contributed by atoms with Gasteiger partial charge in [0.1, 0.15) is 0 Å². The maximum Gasteiger partial charge on any atom is 0.224 e. The summed E-state index contributed by atoms with van der Waals surface area (Å²) < 4.78 is 0. The SMILES string of the molecule is CC1CN(CCCC(=O)Nc2ccc(Cl)cc2N)CC1C. The monoisotopic (exact) mass is 309 g/mol. The quantitative estimate of drug-likeness (QED) is 0.821. The lowest BCUT2D eigenvalue weighted by Gasteiger charge is -2.15. The molecule has 1 aliphatic rings. The van der Waals surface area contributed by atoms with E-state index in [1.165, 1.54) is 0 Å². The van der Waals surface area contributed by atoms with E-state index in [2.05, 4.69) is 24.1 Å². The molecule has 1 aliphatic heterocycles. The molecule has 2 atom stereocenters. The van der Waals surface area contributed by atoms with Gasteiger partial charge in [-0.05, 0) is 43.0 Å². The van der Waals surface area contributed by atoms with E-state index in [1.807, 2.05) is 0 Å². The number of likely N-dealkylation sites (tertiary alicyclic amines) is 1. The molecule has 1 heterocycles. The average molecular weight is 310 g/mol. The van der Waals surface area contributed by atoms with Crippen LogP contribution in [0.5, 0.6) is 0 Å². The van der Waals surface area contributed by atoms with Crippen LogP contribution in [0.15, 0.2) is 18.2 Å². The minimum absolute atomic E-state index is 0.00400. The molecule has 0 radical (unpaired) electrons. The Bertz CT molecular complexity index is 496. The smallest absolute Gasteiger partial charge is 0.224 e. The van der Waals surface area contributed by atoms with Crippen molar-refractivity contribution in [1.29, 1.82) is 0 Å². The molecule has 0 spiro atoms. The van der Waals surface area contributed by atoms with Crippen molar-refractivity contribution >= 4 is 28.9 Å². The largest absolute Gasteiger partial charge is 0.397 e. The van der Waals surface area contributed by atoms with Crippen LogP contribution in [0.4, 0.5) is 11.4 Å². The van der Waals surface area contributed by atoms with E-state index in [4.69, 9.17) is 17.3 Å². The Hall–Kier alpha value is -1.26. The summed E-state index contributed by atoms with van der Waals surface area (Å²) in [6, 6.07) is 5.10. The highest BCUT2D eigenvalue weighted by Crippen LogP contribution is 2.24. The van der Waals surface area contributed by atoms with E-state index in [-0.39, 0.29) is 5.91 Å². The second kappa shape index (κ2) is 7.14. The molecule has 1 aromatic rings. The first-order valence-electron chi connectivity index (χ1n) is 7.53. The number of nitrogen functional groups attached to an aromatic ring is 1. The molecule has 1 amide bonds. The van der Waals surface area contributed by atoms with Crippen LogP contribution in [0.25, 0.3) is 0 Å². The third-order valence-electron chi connectivity index (χ3n) is 4.23. The number of halogens is 1. The first kappa shape index (κ1) is 16.1. The molecule has 0 aliphatic carbocycles. The molecule has 1 fully saturated rings. The van der Waals surface area contributed by atoms with Gasteiger partial charge in [-0.1, -0.05) is 25.4 Å². The fourth-order valence-electron chi connectivity index (χ4n) is 2.75. The van der Waals surface area contributed by atoms with E-state index in [0.717, 1.165) is 37.9 Å². The van der Waals surface area contributed by atoms with E-state index in [0.29, 0.717) is 22.8 Å². The Labute approximate surface area is 131 Å². The van der Waals surface area contributed by atoms with Gasteiger partial charge in [0.2, 0.25) is 5.91 Å². The van der Waals surface area contributed by atoms with Crippen LogP contribution in [0, 0.1) is 11.8 Å². The number of benzene rings is 1. The summed E-state index contributed by atoms with van der Waals surface area (Å²) in [6.45, 7) is 7.86. The van der Waals surface area contributed by atoms with Gasteiger partial charge in [0.15, 0.2) is 0 Å². The van der Waals surface area contributed by atoms with Crippen LogP contribution < -0.4 is 11.1 Å². The van der Waals surface area contributed by atoms with Crippen molar-refractivity contribution in [3.05, 3.63) is 23.2 Å². The maximum absolute atomic E-state index is 11.9. The lowest BCUT2D eigenvalue weighted by molar-refractivity contribution is -0.116. The lowest BCUT2D eigenvalue weighted by Crippen LogP contribution is -2.23. The Morgan fingerprint density at radius 3 is 2.67 bits per heavy atom. The molecule has 1 aromatic carbocycles. The van der Waals surface area contributed by atoms with Crippen LogP contribution >= 0.6 is 11.6 Å². The molecule has 3 N–H and O–H groups in total. The van der Waals surface area contributed by atoms with Gasteiger partial charge in [-0.2, -0.15) is 0 Å². The summed E-state index contributed by atoms with van der Waals surface area (Å²) in [4.78, 5) is 14.4. The van der Waals surface area contributed by atoms with E-state index in [9.17, 15) is 4.79 Å². The van der Waals surface area contributed by atoms with Gasteiger partial charge >= 0.3 is 0 Å². The highest BCUT2D eigenvalue weighted by Gasteiger charge is 2.25. The molecule has 0 aromatic heterocycles. The van der Waals surface area contributed by atoms with Gasteiger partial charge in [0.25, 0.3) is 0 Å². The maximum atomic E-state index is 11.9. The number of hydrogen-bond acceptors (Lipinski definition) is 3. The summed E-state index contributed by atoms with van der Waals surface area (Å²) >= 11 is 5.84. The van der Waals surface area contributed by atoms with Gasteiger partial charge < -0.3 is 16.0 Å². The van der Waals surface area contributed by atoms with E-state index < -0.39 is 0 Å². The van der Waals surface area contributed by atoms with Gasteiger partial charge in [0.05, 0.1) is 11.4 Å². The number of carbonyl (C=O) groups is 1. The number of nitrogens with one attached hydrogen (secondary N) is 1. The predicted octanol–water partition coefficient (Wildman–Crippen LogP) is 3.23. The summed E-state index contributed by atoms with van der Waals surface area (Å²) in [5.41, 5.74) is 6.95. The number of rotatable bonds is 5. The van der Waals surface area contributed by atoms with Crippen molar-refractivity contribution < 1.29 is 4.79 Å². The molecule has 116 valence electrons. The van der Waals surface area contributed by atoms with Crippen molar-refractivity contribution in [1.82, 2.24) is 4.90 Å². The van der Waals surface area contributed by atoms with Gasteiger partial charge in [0, 0.05) is 24.5 Å². The third-order valence-corrected chi connectivity index (χ3v) is 4.46. The summed E-state index contributed by atoms with van der Waals surface area (Å²) in [5, 5.41) is 3.41. The minimum Gasteiger partial charge on any atom is -0.397 e. The minimum atomic E-state index is 0.00400. The number of nitrogens with two attached hydrogens (primary N) is 1. The van der Waals surface area contributed by atoms with Crippen LogP contribution in [0.2, 0.25) is 5.02 Å². The summed E-state index contributed by atoms with van der Waals surface area (Å²) in [7, 11) is 0. The second-order valence-corrected chi connectivity index (χ2v) is 6.53. The normalized spacial score (nSPS) is 22.4. The van der Waals surface area contributed by atoms with Crippen molar-refractivity contribution in [3.63, 3.8) is 0 Å². The van der Waals surface area contributed by atoms with E-state index in [1.54, 1.807) is 18.2 Å². The fraction of sp³-hybridized carbons (Fsp3) is 0.562. The molecule has 0 saturated carbocycles. The standard InChI is InChI=1S/C16H24ClN3O/c1-11-9-20(10-12(11)2)7-3-4-16(21)19-15-6-5-13(17)8-14(15)18/h5-6,8,11-12H,3-4,7,9-10,18H2,1-2H3,(H,19,21). The Morgan fingerprint density at radius 1 is 1.38 bits per heavy atom. The van der Waals surface area contributed by atoms with Crippen LogP contribution in [-0.4, -0.2) is 30.4 Å². The van der Waals surface area contributed by atoms with Crippen LogP contribution in [0.1, 0.15) is 26.7 Å². The molecular formula is C16H24ClN3O. The molecule has 2 unspecified atom stereocenters. The van der Waals surface area contributed by atoms with Crippen molar-refractivity contribution in [2.45, 2.75) is 26.7 Å². The molecule has 5 heteroatoms. The molecule has 0 bridgehead atoms. The van der Waals surface area contributed by atoms with E-state index >= 15 is 0 Å². The predicted molar refractivity (Wildman–Crippen MR) is 88.5 cm³/mol. The van der Waals surface area contributed by atoms with Crippen molar-refractivity contribution in [2.24, 2.45) is 11.8 Å². The van der Waals surface area contributed by atoms with Crippen LogP contribution in [0.3, 0.4) is 0 Å². The highest BCUT2D eigenvalue weighted by molar-refractivity contribution is 6.31. The molecule has 4 nitrogen and oxygen atoms in total. The summed E-state index contributed by atoms with van der Waals surface area (Å²) in [5.74, 6) is 1.52. The lowest BCUT2D eigenvalue weighted by atomic mass is 10.0. The topological polar surface area (TPSA) is 58.4 Å². The van der Waals surface area contributed by atoms with Gasteiger partial charge in [-0.3, -0.25) is 4.79 Å². The first-order valence-corrected chi connectivity index (χ1v) is 7.90. The molecule has 21 heavy (non-hydrogen) atoms. The number of amides is 1. The Balaban J connectivity index is 1.73. The summed E-state index contributed by atoms with van der Waals surface area (Å²) in [6.07, 6.45) is 1.39. The highest BCUT2D eigenvalue weighted by atomic mass is 35.5. The zero-order chi connectivity index (χ0) is 15.4. The third kappa shape index (κ3) is 4.61. The van der Waals surface area contributed by atoms with Crippen molar-refractivity contribution in [3.8, 4) is 0 Å². The number of carbonyl (C=O) groups excluding carboxylic acids is 1. The van der Waals surface area contributed by atoms with Crippen molar-refractivity contribution in [2.75, 3.05) is 30.7 Å². The molecule has 1 saturated heterocycles. The Morgan fingerprint density at radius 2 is 2.05 bits per heavy atom. The fourth-order valence-corrected chi connectivity index (χ4v) is 2.94. The Kier molecular flexibility index (Phi) is 5.48. The average Bonchev–Trinajstić information content (AvgIpc) is 2.72. The van der Waals surface area contributed by atoms with Crippen LogP contribution in [-0.2, 0) is 4.79 Å². The zero-order valence-corrected chi connectivity index (χ0v) is 13.5. The number of hydrogen-bond donors (Lipinski definition) is 2. The second-order valence-electron chi connectivity index (χ2n) is 6.10. The number of anilines is 2. The first-order chi connectivity index (χ1) is 9.95. The van der Waals surface area contributed by atoms with Gasteiger partial charge in [-0.15, -0.1) is 0 Å². The zero-order valence-electron chi connectivity index (χ0n) is 12.7. The van der Waals surface area contributed by atoms with Gasteiger partial charge in [-0.25, -0.2) is 0 Å². The number of nitrogens with zero attached hydrogens (tertiary/aromatic N) is 1. The molecule has 2 rings (SSSR count). The molecular weight excluding hydrogens is 286 g/mol.